The van der Waals surface area contributed by atoms with E-state index < -0.39 is 0 Å². The van der Waals surface area contributed by atoms with E-state index in [4.69, 9.17) is 17.3 Å². The highest BCUT2D eigenvalue weighted by Gasteiger charge is 2.04. The van der Waals surface area contributed by atoms with Gasteiger partial charge in [0, 0.05) is 9.50 Å². The first kappa shape index (κ1) is 11.6. The van der Waals surface area contributed by atoms with Crippen LogP contribution in [0.15, 0.2) is 29.0 Å². The second-order valence-electron chi connectivity index (χ2n) is 3.30. The van der Waals surface area contributed by atoms with E-state index in [-0.39, 0.29) is 0 Å². The van der Waals surface area contributed by atoms with Crippen LogP contribution in [0.3, 0.4) is 0 Å². The van der Waals surface area contributed by atoms with Gasteiger partial charge < -0.3 is 5.73 Å². The number of hydrogen-bond acceptors (Lipinski definition) is 3. The van der Waals surface area contributed by atoms with Gasteiger partial charge in [0.25, 0.3) is 0 Å². The van der Waals surface area contributed by atoms with Crippen LogP contribution in [0.1, 0.15) is 11.4 Å². The Hall–Kier alpha value is -0.910. The van der Waals surface area contributed by atoms with Crippen molar-refractivity contribution in [2.45, 2.75) is 13.1 Å². The fraction of sp³-hybridized carbons (Fsp3) is 0.200. The molecule has 2 rings (SSSR count). The molecule has 0 radical (unpaired) electrons. The highest BCUT2D eigenvalue weighted by atomic mass is 79.9. The molecule has 0 bridgehead atoms. The molecule has 0 aliphatic rings. The summed E-state index contributed by atoms with van der Waals surface area (Å²) in [7, 11) is 0. The van der Waals surface area contributed by atoms with Crippen LogP contribution in [0.25, 0.3) is 0 Å². The largest absolute Gasteiger partial charge is 0.324 e. The Kier molecular flexibility index (Phi) is 3.58. The van der Waals surface area contributed by atoms with E-state index in [9.17, 15) is 0 Å². The second kappa shape index (κ2) is 4.95. The summed E-state index contributed by atoms with van der Waals surface area (Å²) >= 11 is 9.47. The van der Waals surface area contributed by atoms with E-state index in [1.54, 1.807) is 11.0 Å². The lowest BCUT2D eigenvalue weighted by Crippen LogP contribution is -2.04. The highest BCUT2D eigenvalue weighted by molar-refractivity contribution is 9.10. The topological polar surface area (TPSA) is 56.7 Å². The molecule has 0 unspecified atom stereocenters. The van der Waals surface area contributed by atoms with Gasteiger partial charge in [-0.3, -0.25) is 0 Å². The first-order valence-corrected chi connectivity index (χ1v) is 5.88. The lowest BCUT2D eigenvalue weighted by molar-refractivity contribution is 0.672. The molecule has 0 spiro atoms. The molecule has 0 fully saturated rings. The van der Waals surface area contributed by atoms with Crippen LogP contribution in [0.4, 0.5) is 0 Å². The maximum absolute atomic E-state index is 6.10. The summed E-state index contributed by atoms with van der Waals surface area (Å²) < 4.78 is 2.68. The van der Waals surface area contributed by atoms with Gasteiger partial charge in [0.2, 0.25) is 0 Å². The van der Waals surface area contributed by atoms with Crippen molar-refractivity contribution in [3.05, 3.63) is 45.4 Å². The summed E-state index contributed by atoms with van der Waals surface area (Å²) in [5.74, 6) is 0.633. The van der Waals surface area contributed by atoms with Crippen LogP contribution in [0, 0.1) is 0 Å². The molecule has 1 heterocycles. The number of aromatic nitrogens is 3. The van der Waals surface area contributed by atoms with E-state index in [0.29, 0.717) is 23.9 Å². The smallest absolute Gasteiger partial charge is 0.164 e. The Morgan fingerprint density at radius 2 is 2.25 bits per heavy atom. The summed E-state index contributed by atoms with van der Waals surface area (Å²) in [5.41, 5.74) is 6.43. The molecule has 84 valence electrons. The maximum atomic E-state index is 6.10. The Morgan fingerprint density at radius 3 is 2.88 bits per heavy atom. The van der Waals surface area contributed by atoms with E-state index in [1.807, 2.05) is 18.2 Å². The van der Waals surface area contributed by atoms with Gasteiger partial charge in [0.15, 0.2) is 5.82 Å². The molecule has 2 aromatic rings. The van der Waals surface area contributed by atoms with Gasteiger partial charge in [0.05, 0.1) is 13.1 Å². The van der Waals surface area contributed by atoms with Gasteiger partial charge in [-0.1, -0.05) is 33.6 Å². The summed E-state index contributed by atoms with van der Waals surface area (Å²) in [4.78, 5) is 4.05. The number of hydrogen-bond donors (Lipinski definition) is 1. The molecule has 1 aromatic heterocycles. The van der Waals surface area contributed by atoms with Crippen molar-refractivity contribution >= 4 is 27.5 Å². The zero-order valence-electron chi connectivity index (χ0n) is 8.40. The SMILES string of the molecule is NCc1ncn(Cc2ccc(Br)cc2Cl)n1. The van der Waals surface area contributed by atoms with Gasteiger partial charge in [-0.05, 0) is 17.7 Å². The van der Waals surface area contributed by atoms with Crippen LogP contribution in [-0.4, -0.2) is 14.8 Å². The van der Waals surface area contributed by atoms with Crippen LogP contribution < -0.4 is 5.73 Å². The molecule has 0 atom stereocenters. The molecular formula is C10H10BrClN4. The van der Waals surface area contributed by atoms with Crippen molar-refractivity contribution in [2.75, 3.05) is 0 Å². The average molecular weight is 302 g/mol. The molecular weight excluding hydrogens is 291 g/mol. The fourth-order valence-corrected chi connectivity index (χ4v) is 2.06. The zero-order valence-corrected chi connectivity index (χ0v) is 10.7. The standard InChI is InChI=1S/C10H10BrClN4/c11-8-2-1-7(9(12)3-8)5-16-6-14-10(4-13)15-16/h1-3,6H,4-5,13H2. The summed E-state index contributed by atoms with van der Waals surface area (Å²) in [6, 6.07) is 5.76. The van der Waals surface area contributed by atoms with E-state index >= 15 is 0 Å². The molecule has 4 nitrogen and oxygen atoms in total. The van der Waals surface area contributed by atoms with Crippen molar-refractivity contribution < 1.29 is 0 Å². The maximum Gasteiger partial charge on any atom is 0.164 e. The normalized spacial score (nSPS) is 10.7. The first-order chi connectivity index (χ1) is 7.69. The lowest BCUT2D eigenvalue weighted by atomic mass is 10.2. The minimum absolute atomic E-state index is 0.348. The van der Waals surface area contributed by atoms with Gasteiger partial charge in [0.1, 0.15) is 6.33 Å². The summed E-state index contributed by atoms with van der Waals surface area (Å²) in [6.45, 7) is 0.945. The van der Waals surface area contributed by atoms with Crippen LogP contribution >= 0.6 is 27.5 Å². The lowest BCUT2D eigenvalue weighted by Gasteiger charge is -2.04. The Bertz CT molecular complexity index is 497. The molecule has 0 saturated heterocycles. The van der Waals surface area contributed by atoms with Gasteiger partial charge >= 0.3 is 0 Å². The summed E-state index contributed by atoms with van der Waals surface area (Å²) in [5, 5.41) is 4.91. The average Bonchev–Trinajstić information content (AvgIpc) is 2.70. The molecule has 0 aliphatic carbocycles. The molecule has 0 amide bonds. The van der Waals surface area contributed by atoms with Crippen LogP contribution in [0.2, 0.25) is 5.02 Å². The number of nitrogens with zero attached hydrogens (tertiary/aromatic N) is 3. The third-order valence-corrected chi connectivity index (χ3v) is 2.96. The van der Waals surface area contributed by atoms with Crippen molar-refractivity contribution in [1.29, 1.82) is 0 Å². The van der Waals surface area contributed by atoms with Crippen molar-refractivity contribution in [1.82, 2.24) is 14.8 Å². The summed E-state index contributed by atoms with van der Waals surface area (Å²) in [6.07, 6.45) is 1.65. The molecule has 0 aliphatic heterocycles. The van der Waals surface area contributed by atoms with Crippen molar-refractivity contribution in [3.8, 4) is 0 Å². The Labute approximate surface area is 107 Å². The third kappa shape index (κ3) is 2.61. The molecule has 6 heteroatoms. The predicted octanol–water partition coefficient (Wildman–Crippen LogP) is 2.20. The Morgan fingerprint density at radius 1 is 1.44 bits per heavy atom. The van der Waals surface area contributed by atoms with Gasteiger partial charge in [-0.2, -0.15) is 5.10 Å². The molecule has 0 saturated carbocycles. The molecule has 2 N–H and O–H groups in total. The van der Waals surface area contributed by atoms with Crippen molar-refractivity contribution in [3.63, 3.8) is 0 Å². The van der Waals surface area contributed by atoms with Gasteiger partial charge in [-0.15, -0.1) is 0 Å². The van der Waals surface area contributed by atoms with Crippen LogP contribution in [-0.2, 0) is 13.1 Å². The third-order valence-electron chi connectivity index (χ3n) is 2.11. The molecule has 16 heavy (non-hydrogen) atoms. The minimum atomic E-state index is 0.348. The number of rotatable bonds is 3. The Balaban J connectivity index is 2.20. The fourth-order valence-electron chi connectivity index (χ4n) is 1.33. The molecule has 1 aromatic carbocycles. The number of nitrogens with two attached hydrogens (primary N) is 1. The predicted molar refractivity (Wildman–Crippen MR) is 66.2 cm³/mol. The van der Waals surface area contributed by atoms with E-state index in [1.165, 1.54) is 0 Å². The minimum Gasteiger partial charge on any atom is -0.324 e. The highest BCUT2D eigenvalue weighted by Crippen LogP contribution is 2.21. The van der Waals surface area contributed by atoms with E-state index in [2.05, 4.69) is 26.0 Å². The zero-order chi connectivity index (χ0) is 11.5. The van der Waals surface area contributed by atoms with E-state index in [0.717, 1.165) is 10.0 Å². The van der Waals surface area contributed by atoms with Crippen molar-refractivity contribution in [2.24, 2.45) is 5.73 Å². The quantitative estimate of drug-likeness (QED) is 0.945. The number of halogens is 2. The monoisotopic (exact) mass is 300 g/mol. The number of benzene rings is 1. The van der Waals surface area contributed by atoms with Gasteiger partial charge in [-0.25, -0.2) is 9.67 Å². The van der Waals surface area contributed by atoms with Crippen LogP contribution in [0.5, 0.6) is 0 Å². The second-order valence-corrected chi connectivity index (χ2v) is 4.62. The first-order valence-electron chi connectivity index (χ1n) is 4.71.